The highest BCUT2D eigenvalue weighted by atomic mass is 35.5. The molecule has 8 heteroatoms. The van der Waals surface area contributed by atoms with E-state index in [-0.39, 0.29) is 22.8 Å². The maximum atomic E-state index is 13.4. The third-order valence-electron chi connectivity index (χ3n) is 6.69. The first-order valence-electron chi connectivity index (χ1n) is 13.9. The number of carbonyl (C=O) groups excluding carboxylic acids is 3. The normalized spacial score (nSPS) is 12.0. The van der Waals surface area contributed by atoms with Gasteiger partial charge in [-0.05, 0) is 91.1 Å². The molecule has 0 heterocycles. The van der Waals surface area contributed by atoms with E-state index in [0.717, 1.165) is 16.0 Å². The van der Waals surface area contributed by atoms with Crippen molar-refractivity contribution in [2.75, 3.05) is 10.6 Å². The summed E-state index contributed by atoms with van der Waals surface area (Å²) in [4.78, 5) is 39.9. The summed E-state index contributed by atoms with van der Waals surface area (Å²) >= 11 is 7.48. The Kier molecular flexibility index (Phi) is 10.8. The van der Waals surface area contributed by atoms with Gasteiger partial charge in [-0.1, -0.05) is 74.0 Å². The second-order valence-corrected chi connectivity index (χ2v) is 12.2. The molecule has 0 saturated heterocycles. The minimum atomic E-state index is -0.456. The Balaban J connectivity index is 1.45. The highest BCUT2D eigenvalue weighted by Gasteiger charge is 2.17. The number of halogens is 1. The summed E-state index contributed by atoms with van der Waals surface area (Å²) in [7, 11) is 0. The van der Waals surface area contributed by atoms with Crippen molar-refractivity contribution in [2.24, 2.45) is 0 Å². The molecule has 6 nitrogen and oxygen atoms in total. The Morgan fingerprint density at radius 2 is 1.49 bits per heavy atom. The molecule has 43 heavy (non-hydrogen) atoms. The smallest absolute Gasteiger partial charge is 0.272 e. The van der Waals surface area contributed by atoms with Crippen LogP contribution in [-0.4, -0.2) is 23.0 Å². The molecule has 3 N–H and O–H groups in total. The van der Waals surface area contributed by atoms with E-state index in [1.165, 1.54) is 17.3 Å². The van der Waals surface area contributed by atoms with Gasteiger partial charge in [-0.2, -0.15) is 0 Å². The maximum Gasteiger partial charge on any atom is 0.272 e. The van der Waals surface area contributed by atoms with Crippen LogP contribution in [0, 0.1) is 6.92 Å². The van der Waals surface area contributed by atoms with E-state index in [2.05, 4.69) is 29.8 Å². The monoisotopic (exact) mass is 611 g/mol. The summed E-state index contributed by atoms with van der Waals surface area (Å²) in [5, 5.41) is 8.76. The molecule has 1 unspecified atom stereocenters. The zero-order valence-electron chi connectivity index (χ0n) is 24.5. The molecule has 0 aliphatic carbocycles. The van der Waals surface area contributed by atoms with Crippen molar-refractivity contribution in [2.45, 2.75) is 43.8 Å². The lowest BCUT2D eigenvalue weighted by Gasteiger charge is -2.14. The Labute approximate surface area is 261 Å². The molecular formula is C35H34ClN3O3S. The molecule has 0 aromatic heterocycles. The molecule has 0 bridgehead atoms. The lowest BCUT2D eigenvalue weighted by molar-refractivity contribution is -0.115. The predicted molar refractivity (Wildman–Crippen MR) is 178 cm³/mol. The van der Waals surface area contributed by atoms with Gasteiger partial charge in [-0.25, -0.2) is 0 Å². The fourth-order valence-corrected chi connectivity index (χ4v) is 5.16. The number of thioether (sulfide) groups is 1. The number of benzene rings is 4. The van der Waals surface area contributed by atoms with Crippen molar-refractivity contribution >= 4 is 58.5 Å². The van der Waals surface area contributed by atoms with Gasteiger partial charge in [0, 0.05) is 26.9 Å². The Bertz CT molecular complexity index is 1620. The van der Waals surface area contributed by atoms with Crippen LogP contribution in [0.3, 0.4) is 0 Å². The average molecular weight is 612 g/mol. The van der Waals surface area contributed by atoms with Gasteiger partial charge >= 0.3 is 0 Å². The van der Waals surface area contributed by atoms with Crippen LogP contribution < -0.4 is 16.0 Å². The summed E-state index contributed by atoms with van der Waals surface area (Å²) in [6.45, 7) is 7.97. The van der Waals surface area contributed by atoms with Crippen molar-refractivity contribution in [1.82, 2.24) is 5.32 Å². The highest BCUT2D eigenvalue weighted by Crippen LogP contribution is 2.27. The van der Waals surface area contributed by atoms with Crippen LogP contribution in [0.1, 0.15) is 53.7 Å². The minimum absolute atomic E-state index is 0.117. The van der Waals surface area contributed by atoms with Gasteiger partial charge in [0.25, 0.3) is 11.8 Å². The van der Waals surface area contributed by atoms with Gasteiger partial charge in [-0.3, -0.25) is 14.4 Å². The SMILES string of the molecule is Cc1ccc(Cl)cc1NC(=O)C(C)Sc1ccc(NC(=O)/C(=C/c2ccc(C(C)C)cc2)NC(=O)c2ccccc2)cc1. The number of nitrogens with one attached hydrogen (secondary N) is 3. The second-order valence-electron chi connectivity index (χ2n) is 10.4. The molecule has 0 radical (unpaired) electrons. The van der Waals surface area contributed by atoms with Crippen molar-refractivity contribution in [3.63, 3.8) is 0 Å². The van der Waals surface area contributed by atoms with Gasteiger partial charge in [0.05, 0.1) is 5.25 Å². The van der Waals surface area contributed by atoms with Gasteiger partial charge < -0.3 is 16.0 Å². The van der Waals surface area contributed by atoms with Crippen LogP contribution in [0.5, 0.6) is 0 Å². The molecule has 0 saturated carbocycles. The third-order valence-corrected chi connectivity index (χ3v) is 8.04. The Morgan fingerprint density at radius 1 is 0.814 bits per heavy atom. The van der Waals surface area contributed by atoms with Crippen LogP contribution in [0.4, 0.5) is 11.4 Å². The van der Waals surface area contributed by atoms with Crippen molar-refractivity contribution < 1.29 is 14.4 Å². The van der Waals surface area contributed by atoms with Gasteiger partial charge in [-0.15, -0.1) is 11.8 Å². The van der Waals surface area contributed by atoms with E-state index < -0.39 is 5.91 Å². The molecule has 0 spiro atoms. The largest absolute Gasteiger partial charge is 0.325 e. The first-order valence-corrected chi connectivity index (χ1v) is 15.2. The minimum Gasteiger partial charge on any atom is -0.325 e. The van der Waals surface area contributed by atoms with Crippen molar-refractivity contribution in [3.05, 3.63) is 130 Å². The quantitative estimate of drug-likeness (QED) is 0.124. The lowest BCUT2D eigenvalue weighted by Crippen LogP contribution is -2.30. The number of rotatable bonds is 10. The summed E-state index contributed by atoms with van der Waals surface area (Å²) < 4.78 is 0. The summed E-state index contributed by atoms with van der Waals surface area (Å²) in [6.07, 6.45) is 1.66. The summed E-state index contributed by atoms with van der Waals surface area (Å²) in [5.41, 5.74) is 4.69. The topological polar surface area (TPSA) is 87.3 Å². The van der Waals surface area contributed by atoms with E-state index in [4.69, 9.17) is 11.6 Å². The number of amides is 3. The molecule has 0 aliphatic heterocycles. The molecule has 4 aromatic carbocycles. The van der Waals surface area contributed by atoms with E-state index in [1.807, 2.05) is 62.4 Å². The average Bonchev–Trinajstić information content (AvgIpc) is 3.00. The van der Waals surface area contributed by atoms with Crippen LogP contribution >= 0.6 is 23.4 Å². The fraction of sp³-hybridized carbons (Fsp3) is 0.171. The molecular weight excluding hydrogens is 578 g/mol. The van der Waals surface area contributed by atoms with Crippen molar-refractivity contribution in [1.29, 1.82) is 0 Å². The number of carbonyl (C=O) groups is 3. The van der Waals surface area contributed by atoms with Crippen LogP contribution in [0.25, 0.3) is 6.08 Å². The Hall–Kier alpha value is -4.33. The highest BCUT2D eigenvalue weighted by molar-refractivity contribution is 8.00. The third kappa shape index (κ3) is 9.08. The number of hydrogen-bond acceptors (Lipinski definition) is 4. The van der Waals surface area contributed by atoms with E-state index in [0.29, 0.717) is 27.9 Å². The number of hydrogen-bond donors (Lipinski definition) is 3. The molecule has 4 rings (SSSR count). The molecule has 1 atom stereocenters. The van der Waals surface area contributed by atoms with Crippen LogP contribution in [-0.2, 0) is 9.59 Å². The van der Waals surface area contributed by atoms with Gasteiger partial charge in [0.1, 0.15) is 5.70 Å². The Morgan fingerprint density at radius 3 is 2.14 bits per heavy atom. The molecule has 0 fully saturated rings. The van der Waals surface area contributed by atoms with Crippen LogP contribution in [0.15, 0.2) is 108 Å². The molecule has 220 valence electrons. The van der Waals surface area contributed by atoms with Gasteiger partial charge in [0.2, 0.25) is 5.91 Å². The zero-order valence-corrected chi connectivity index (χ0v) is 26.1. The second kappa shape index (κ2) is 14.7. The first kappa shape index (κ1) is 31.6. The zero-order chi connectivity index (χ0) is 30.9. The molecule has 0 aliphatic rings. The first-order chi connectivity index (χ1) is 20.6. The maximum absolute atomic E-state index is 13.4. The standard InChI is InChI=1S/C35H34ClN3O3S/c1-22(2)26-13-11-25(12-14-26)20-32(39-34(41)27-8-6-5-7-9-27)35(42)37-29-16-18-30(19-17-29)43-24(4)33(40)38-31-21-28(36)15-10-23(31)3/h5-22,24H,1-4H3,(H,37,42)(H,38,40)(H,39,41)/b32-20-. The summed E-state index contributed by atoms with van der Waals surface area (Å²) in [5.74, 6) is -0.600. The van der Waals surface area contributed by atoms with E-state index in [9.17, 15) is 14.4 Å². The summed E-state index contributed by atoms with van der Waals surface area (Å²) in [6, 6.07) is 29.2. The van der Waals surface area contributed by atoms with E-state index in [1.54, 1.807) is 54.6 Å². The van der Waals surface area contributed by atoms with Gasteiger partial charge in [0.15, 0.2) is 0 Å². The lowest BCUT2D eigenvalue weighted by atomic mass is 10.0. The molecule has 4 aromatic rings. The van der Waals surface area contributed by atoms with Crippen molar-refractivity contribution in [3.8, 4) is 0 Å². The van der Waals surface area contributed by atoms with Crippen LogP contribution in [0.2, 0.25) is 5.02 Å². The van der Waals surface area contributed by atoms with E-state index >= 15 is 0 Å². The number of anilines is 2. The fourth-order valence-electron chi connectivity index (χ4n) is 4.12. The predicted octanol–water partition coefficient (Wildman–Crippen LogP) is 8.30. The number of aryl methyl sites for hydroxylation is 1. The molecule has 3 amide bonds.